The summed E-state index contributed by atoms with van der Waals surface area (Å²) < 4.78 is 0. The van der Waals surface area contributed by atoms with Crippen LogP contribution in [0.15, 0.2) is 24.3 Å². The van der Waals surface area contributed by atoms with E-state index in [1.54, 1.807) is 0 Å². The molecule has 2 rings (SSSR count). The van der Waals surface area contributed by atoms with Gasteiger partial charge in [0.25, 0.3) is 0 Å². The van der Waals surface area contributed by atoms with Crippen LogP contribution in [0, 0.1) is 0 Å². The van der Waals surface area contributed by atoms with Gasteiger partial charge in [0, 0.05) is 6.54 Å². The second-order valence-electron chi connectivity index (χ2n) is 3.17. The minimum Gasteiger partial charge on any atom is -0.480 e. The van der Waals surface area contributed by atoms with Crippen molar-refractivity contribution in [1.29, 1.82) is 0 Å². The number of carbonyl (C=O) groups is 1. The van der Waals surface area contributed by atoms with E-state index >= 15 is 0 Å². The molecule has 14 heavy (non-hydrogen) atoms. The fourth-order valence-electron chi connectivity index (χ4n) is 1.72. The van der Waals surface area contributed by atoms with Gasteiger partial charge in [-0.05, 0) is 17.5 Å². The van der Waals surface area contributed by atoms with Gasteiger partial charge >= 0.3 is 5.97 Å². The standard InChI is InChI=1S/C10H11NO2.ClH/c12-10(13)9-8-4-2-1-3-7(8)5-6-11-9;/h1-4,9,11H,5-6H2,(H,12,13);1H/t9-;/m0./s1. The molecule has 0 spiro atoms. The summed E-state index contributed by atoms with van der Waals surface area (Å²) >= 11 is 0. The number of hydrogen-bond acceptors (Lipinski definition) is 2. The summed E-state index contributed by atoms with van der Waals surface area (Å²) in [5.74, 6) is -0.799. The van der Waals surface area contributed by atoms with Crippen LogP contribution >= 0.6 is 12.4 Å². The Morgan fingerprint density at radius 1 is 1.43 bits per heavy atom. The Hall–Kier alpha value is -1.06. The van der Waals surface area contributed by atoms with Gasteiger partial charge < -0.3 is 10.4 Å². The third-order valence-electron chi connectivity index (χ3n) is 2.36. The Morgan fingerprint density at radius 2 is 2.14 bits per heavy atom. The zero-order chi connectivity index (χ0) is 9.26. The highest BCUT2D eigenvalue weighted by Crippen LogP contribution is 2.22. The number of benzene rings is 1. The molecule has 1 aliphatic heterocycles. The Morgan fingerprint density at radius 3 is 2.86 bits per heavy atom. The van der Waals surface area contributed by atoms with Crippen LogP contribution in [0.3, 0.4) is 0 Å². The number of nitrogens with one attached hydrogen (secondary N) is 1. The second-order valence-corrected chi connectivity index (χ2v) is 3.17. The monoisotopic (exact) mass is 213 g/mol. The molecule has 2 N–H and O–H groups in total. The summed E-state index contributed by atoms with van der Waals surface area (Å²) in [4.78, 5) is 10.9. The lowest BCUT2D eigenvalue weighted by molar-refractivity contribution is -0.139. The van der Waals surface area contributed by atoms with Gasteiger partial charge in [0.15, 0.2) is 0 Å². The van der Waals surface area contributed by atoms with Crippen molar-refractivity contribution in [3.8, 4) is 0 Å². The van der Waals surface area contributed by atoms with Gasteiger partial charge in [0.2, 0.25) is 0 Å². The van der Waals surface area contributed by atoms with E-state index in [9.17, 15) is 4.79 Å². The van der Waals surface area contributed by atoms with Crippen LogP contribution in [0.25, 0.3) is 0 Å². The maximum atomic E-state index is 10.9. The first-order valence-corrected chi connectivity index (χ1v) is 4.33. The van der Waals surface area contributed by atoms with E-state index in [1.165, 1.54) is 0 Å². The molecule has 4 heteroatoms. The summed E-state index contributed by atoms with van der Waals surface area (Å²) in [6.07, 6.45) is 0.917. The molecule has 0 bridgehead atoms. The van der Waals surface area contributed by atoms with Crippen LogP contribution in [0.2, 0.25) is 0 Å². The van der Waals surface area contributed by atoms with Crippen molar-refractivity contribution in [3.05, 3.63) is 35.4 Å². The van der Waals surface area contributed by atoms with E-state index in [4.69, 9.17) is 5.11 Å². The molecule has 0 aromatic heterocycles. The smallest absolute Gasteiger partial charge is 0.325 e. The minimum atomic E-state index is -0.799. The fourth-order valence-corrected chi connectivity index (χ4v) is 1.72. The molecular formula is C10H12ClNO2. The maximum Gasteiger partial charge on any atom is 0.325 e. The molecule has 0 unspecified atom stereocenters. The first-order chi connectivity index (χ1) is 6.29. The normalized spacial score (nSPS) is 19.3. The highest BCUT2D eigenvalue weighted by atomic mass is 35.5. The van der Waals surface area contributed by atoms with E-state index in [2.05, 4.69) is 5.32 Å². The third-order valence-corrected chi connectivity index (χ3v) is 2.36. The quantitative estimate of drug-likeness (QED) is 0.741. The lowest BCUT2D eigenvalue weighted by atomic mass is 9.95. The zero-order valence-corrected chi connectivity index (χ0v) is 8.38. The molecule has 0 aliphatic carbocycles. The zero-order valence-electron chi connectivity index (χ0n) is 7.56. The van der Waals surface area contributed by atoms with Crippen LogP contribution in [-0.2, 0) is 11.2 Å². The molecule has 1 aliphatic rings. The van der Waals surface area contributed by atoms with Crippen molar-refractivity contribution in [2.45, 2.75) is 12.5 Å². The van der Waals surface area contributed by atoms with Crippen LogP contribution in [0.5, 0.6) is 0 Å². The minimum absolute atomic E-state index is 0. The van der Waals surface area contributed by atoms with Gasteiger partial charge in [-0.1, -0.05) is 24.3 Å². The van der Waals surface area contributed by atoms with Crippen LogP contribution in [0.1, 0.15) is 17.2 Å². The van der Waals surface area contributed by atoms with Crippen molar-refractivity contribution in [1.82, 2.24) is 5.32 Å². The third kappa shape index (κ3) is 1.89. The predicted octanol–water partition coefficient (Wildman–Crippen LogP) is 1.38. The Kier molecular flexibility index (Phi) is 3.49. The van der Waals surface area contributed by atoms with E-state index in [-0.39, 0.29) is 12.4 Å². The summed E-state index contributed by atoms with van der Waals surface area (Å²) in [5.41, 5.74) is 2.05. The molecule has 0 amide bonds. The van der Waals surface area contributed by atoms with Crippen LogP contribution < -0.4 is 5.32 Å². The number of fused-ring (bicyclic) bond motifs is 1. The van der Waals surface area contributed by atoms with Gasteiger partial charge in [0.05, 0.1) is 0 Å². The number of rotatable bonds is 1. The Labute approximate surface area is 88.5 Å². The highest BCUT2D eigenvalue weighted by Gasteiger charge is 2.24. The fraction of sp³-hybridized carbons (Fsp3) is 0.300. The SMILES string of the molecule is Cl.O=C(O)[C@H]1NCCc2ccccc21. The molecule has 1 atom stereocenters. The lowest BCUT2D eigenvalue weighted by Gasteiger charge is -2.23. The van der Waals surface area contributed by atoms with Crippen molar-refractivity contribution in [3.63, 3.8) is 0 Å². The second kappa shape index (κ2) is 4.44. The molecule has 3 nitrogen and oxygen atoms in total. The number of hydrogen-bond donors (Lipinski definition) is 2. The molecule has 0 saturated carbocycles. The summed E-state index contributed by atoms with van der Waals surface area (Å²) in [6, 6.07) is 7.17. The highest BCUT2D eigenvalue weighted by molar-refractivity contribution is 5.85. The maximum absolute atomic E-state index is 10.9. The topological polar surface area (TPSA) is 49.3 Å². The molecule has 0 saturated heterocycles. The molecule has 76 valence electrons. The van der Waals surface area contributed by atoms with Gasteiger partial charge in [0.1, 0.15) is 6.04 Å². The molecular weight excluding hydrogens is 202 g/mol. The summed E-state index contributed by atoms with van der Waals surface area (Å²) in [7, 11) is 0. The number of carboxylic acids is 1. The van der Waals surface area contributed by atoms with Crippen molar-refractivity contribution in [2.24, 2.45) is 0 Å². The van der Waals surface area contributed by atoms with Gasteiger partial charge in [-0.2, -0.15) is 0 Å². The largest absolute Gasteiger partial charge is 0.480 e. The summed E-state index contributed by atoms with van der Waals surface area (Å²) in [6.45, 7) is 0.744. The Bertz CT molecular complexity index is 341. The number of halogens is 1. The van der Waals surface area contributed by atoms with Gasteiger partial charge in [-0.3, -0.25) is 4.79 Å². The average Bonchev–Trinajstić information content (AvgIpc) is 2.17. The van der Waals surface area contributed by atoms with Crippen LogP contribution in [-0.4, -0.2) is 17.6 Å². The lowest BCUT2D eigenvalue weighted by Crippen LogP contribution is -2.34. The number of carboxylic acid groups (broad SMARTS) is 1. The average molecular weight is 214 g/mol. The molecule has 1 aromatic carbocycles. The van der Waals surface area contributed by atoms with Crippen molar-refractivity contribution < 1.29 is 9.90 Å². The van der Waals surface area contributed by atoms with E-state index in [1.807, 2.05) is 24.3 Å². The van der Waals surface area contributed by atoms with Gasteiger partial charge in [-0.15, -0.1) is 12.4 Å². The van der Waals surface area contributed by atoms with E-state index in [0.29, 0.717) is 0 Å². The first-order valence-electron chi connectivity index (χ1n) is 4.33. The number of aliphatic carboxylic acids is 1. The van der Waals surface area contributed by atoms with E-state index in [0.717, 1.165) is 24.1 Å². The predicted molar refractivity (Wildman–Crippen MR) is 55.8 cm³/mol. The van der Waals surface area contributed by atoms with Crippen molar-refractivity contribution >= 4 is 18.4 Å². The van der Waals surface area contributed by atoms with Gasteiger partial charge in [-0.25, -0.2) is 0 Å². The molecule has 1 heterocycles. The first kappa shape index (κ1) is 11.0. The Balaban J connectivity index is 0.000000980. The summed E-state index contributed by atoms with van der Waals surface area (Å²) in [5, 5.41) is 11.9. The molecule has 1 aromatic rings. The van der Waals surface area contributed by atoms with Crippen molar-refractivity contribution in [2.75, 3.05) is 6.54 Å². The van der Waals surface area contributed by atoms with E-state index < -0.39 is 12.0 Å². The van der Waals surface area contributed by atoms with Crippen LogP contribution in [0.4, 0.5) is 0 Å². The molecule has 0 radical (unpaired) electrons. The molecule has 0 fully saturated rings.